The molecule has 0 spiro atoms. The van der Waals surface area contributed by atoms with E-state index in [0.717, 1.165) is 4.90 Å². The highest BCUT2D eigenvalue weighted by molar-refractivity contribution is 14.1. The van der Waals surface area contributed by atoms with Crippen LogP contribution in [0.25, 0.3) is 0 Å². The van der Waals surface area contributed by atoms with Crippen molar-refractivity contribution in [1.82, 2.24) is 0 Å². The van der Waals surface area contributed by atoms with Gasteiger partial charge in [0.1, 0.15) is 17.3 Å². The van der Waals surface area contributed by atoms with Crippen LogP contribution in [0.2, 0.25) is 0 Å². The largest absolute Gasteiger partial charge is 0.361 e. The van der Waals surface area contributed by atoms with Crippen molar-refractivity contribution in [1.29, 1.82) is 5.26 Å². The number of carbonyl (C=O) groups excluding carboxylic acids is 2. The van der Waals surface area contributed by atoms with Gasteiger partial charge in [-0.1, -0.05) is 0 Å². The number of amides is 2. The van der Waals surface area contributed by atoms with Crippen molar-refractivity contribution >= 4 is 40.1 Å². The molecule has 0 radical (unpaired) electrons. The molecule has 9 heteroatoms. The molecule has 5 atom stereocenters. The molecule has 3 heterocycles. The Morgan fingerprint density at radius 1 is 1.27 bits per heavy atom. The molecule has 7 nitrogen and oxygen atoms in total. The molecule has 3 saturated heterocycles. The number of nitriles is 1. The van der Waals surface area contributed by atoms with Crippen molar-refractivity contribution in [3.05, 3.63) is 27.3 Å². The first-order valence-corrected chi connectivity index (χ1v) is 8.95. The Morgan fingerprint density at radius 3 is 2.46 bits per heavy atom. The van der Waals surface area contributed by atoms with E-state index in [2.05, 4.69) is 0 Å². The lowest BCUT2D eigenvalue weighted by molar-refractivity contribution is -0.266. The van der Waals surface area contributed by atoms with Crippen molar-refractivity contribution in [3.63, 3.8) is 0 Å². The molecule has 3 aliphatic heterocycles. The summed E-state index contributed by atoms with van der Waals surface area (Å²) in [7, 11) is 0. The van der Waals surface area contributed by atoms with Crippen molar-refractivity contribution in [2.24, 2.45) is 11.8 Å². The highest BCUT2D eigenvalue weighted by Gasteiger charge is 2.85. The summed E-state index contributed by atoms with van der Waals surface area (Å²) >= 11 is 1.92. The van der Waals surface area contributed by atoms with E-state index in [9.17, 15) is 24.2 Å². The maximum absolute atomic E-state index is 14.7. The van der Waals surface area contributed by atoms with E-state index >= 15 is 0 Å². The number of anilines is 1. The maximum Gasteiger partial charge on any atom is 0.240 e. The normalized spacial score (nSPS) is 40.0. The number of ether oxygens (including phenoxy) is 1. The van der Waals surface area contributed by atoms with Crippen LogP contribution in [0.3, 0.4) is 0 Å². The van der Waals surface area contributed by atoms with Crippen molar-refractivity contribution in [2.75, 3.05) is 4.90 Å². The average molecular weight is 472 g/mol. The number of hydrogen-bond acceptors (Lipinski definition) is 6. The van der Waals surface area contributed by atoms with E-state index in [0.29, 0.717) is 9.13 Å². The zero-order valence-electron chi connectivity index (χ0n) is 13.7. The SMILES string of the molecule is CC12OC(C)([C@@H]3C(=O)N(c4ccc(C#N)c(I)c4)C(=O)[C@@H]31)C(O)(O)[C@H]2F. The monoisotopic (exact) mass is 472 g/mol. The maximum atomic E-state index is 14.7. The zero-order chi connectivity index (χ0) is 19.2. The Kier molecular flexibility index (Phi) is 3.43. The minimum atomic E-state index is -2.88. The summed E-state index contributed by atoms with van der Waals surface area (Å²) in [6, 6.07) is 6.46. The standard InChI is InChI=1S/C17H14FIN2O5/c1-15-10-11(16(2,26-15)17(24,25)14(15)18)13(23)21(12(10)22)8-4-3-7(6-20)9(19)5-8/h3-5,10-11,14,24-25H,1-2H3/t10-,11+,14+,15?,16?/m1/s1. The van der Waals surface area contributed by atoms with Gasteiger partial charge in [0.15, 0.2) is 6.17 Å². The summed E-state index contributed by atoms with van der Waals surface area (Å²) in [6.07, 6.45) is -2.24. The van der Waals surface area contributed by atoms with E-state index in [1.807, 2.05) is 28.7 Å². The van der Waals surface area contributed by atoms with Gasteiger partial charge in [-0.05, 0) is 54.6 Å². The van der Waals surface area contributed by atoms with Gasteiger partial charge in [0.2, 0.25) is 17.6 Å². The first-order chi connectivity index (χ1) is 12.0. The second-order valence-electron chi connectivity index (χ2n) is 7.22. The van der Waals surface area contributed by atoms with Gasteiger partial charge in [-0.25, -0.2) is 9.29 Å². The zero-order valence-corrected chi connectivity index (χ0v) is 15.9. The Labute approximate surface area is 161 Å². The first-order valence-electron chi connectivity index (χ1n) is 7.87. The van der Waals surface area contributed by atoms with Crippen molar-refractivity contribution in [2.45, 2.75) is 37.0 Å². The fourth-order valence-electron chi connectivity index (χ4n) is 4.54. The molecule has 3 fully saturated rings. The molecule has 2 bridgehead atoms. The first kappa shape index (κ1) is 17.8. The van der Waals surface area contributed by atoms with E-state index < -0.39 is 46.8 Å². The summed E-state index contributed by atoms with van der Waals surface area (Å²) in [5.74, 6) is -6.57. The minimum absolute atomic E-state index is 0.251. The predicted molar refractivity (Wildman–Crippen MR) is 93.3 cm³/mol. The molecular weight excluding hydrogens is 458 g/mol. The number of fused-ring (bicyclic) bond motifs is 5. The summed E-state index contributed by atoms with van der Waals surface area (Å²) in [5.41, 5.74) is -3.11. The van der Waals surface area contributed by atoms with Crippen molar-refractivity contribution < 1.29 is 28.9 Å². The number of alkyl halides is 1. The van der Waals surface area contributed by atoms with Gasteiger partial charge >= 0.3 is 0 Å². The predicted octanol–water partition coefficient (Wildman–Crippen LogP) is 0.849. The van der Waals surface area contributed by atoms with Crippen LogP contribution < -0.4 is 4.90 Å². The number of hydrogen-bond donors (Lipinski definition) is 2. The Bertz CT molecular complexity index is 915. The molecule has 0 aliphatic carbocycles. The third-order valence-corrected chi connectivity index (χ3v) is 6.76. The number of halogens is 2. The molecule has 0 aromatic heterocycles. The number of aliphatic hydroxyl groups is 2. The van der Waals surface area contributed by atoms with Crippen LogP contribution in [0, 0.1) is 26.7 Å². The summed E-state index contributed by atoms with van der Waals surface area (Å²) < 4.78 is 20.8. The molecular formula is C17H14FIN2O5. The Balaban J connectivity index is 1.83. The smallest absolute Gasteiger partial charge is 0.240 e. The van der Waals surface area contributed by atoms with E-state index in [-0.39, 0.29) is 5.69 Å². The van der Waals surface area contributed by atoms with E-state index in [1.165, 1.54) is 32.0 Å². The fourth-order valence-corrected chi connectivity index (χ4v) is 5.16. The summed E-state index contributed by atoms with van der Waals surface area (Å²) in [6.45, 7) is 2.53. The van der Waals surface area contributed by atoms with Crippen LogP contribution in [0.4, 0.5) is 10.1 Å². The molecule has 136 valence electrons. The van der Waals surface area contributed by atoms with Crippen LogP contribution in [0.15, 0.2) is 18.2 Å². The van der Waals surface area contributed by atoms with Crippen LogP contribution in [0.5, 0.6) is 0 Å². The van der Waals surface area contributed by atoms with Gasteiger partial charge in [0.05, 0.1) is 23.1 Å². The van der Waals surface area contributed by atoms with Gasteiger partial charge in [0, 0.05) is 3.57 Å². The summed E-state index contributed by atoms with van der Waals surface area (Å²) in [4.78, 5) is 26.9. The lowest BCUT2D eigenvalue weighted by Gasteiger charge is -2.40. The number of nitrogens with zero attached hydrogens (tertiary/aromatic N) is 2. The topological polar surface area (TPSA) is 111 Å². The third kappa shape index (κ3) is 1.76. The van der Waals surface area contributed by atoms with Gasteiger partial charge in [-0.2, -0.15) is 5.26 Å². The lowest BCUT2D eigenvalue weighted by atomic mass is 9.65. The molecule has 1 aromatic carbocycles. The minimum Gasteiger partial charge on any atom is -0.361 e. The van der Waals surface area contributed by atoms with Gasteiger partial charge in [-0.3, -0.25) is 9.59 Å². The van der Waals surface area contributed by atoms with Gasteiger partial charge < -0.3 is 14.9 Å². The molecule has 3 aliphatic rings. The Hall–Kier alpha value is -1.61. The fraction of sp³-hybridized carbons (Fsp3) is 0.471. The molecule has 2 amide bonds. The molecule has 4 rings (SSSR count). The number of carbonyl (C=O) groups is 2. The second kappa shape index (κ2) is 5.01. The number of benzene rings is 1. The number of rotatable bonds is 1. The Morgan fingerprint density at radius 2 is 1.88 bits per heavy atom. The van der Waals surface area contributed by atoms with Crippen molar-refractivity contribution in [3.8, 4) is 6.07 Å². The van der Waals surface area contributed by atoms with Gasteiger partial charge in [-0.15, -0.1) is 0 Å². The van der Waals surface area contributed by atoms with E-state index in [4.69, 9.17) is 10.00 Å². The quantitative estimate of drug-likeness (QED) is 0.356. The highest BCUT2D eigenvalue weighted by Crippen LogP contribution is 2.64. The third-order valence-electron chi connectivity index (χ3n) is 5.87. The lowest BCUT2D eigenvalue weighted by Crippen LogP contribution is -2.64. The summed E-state index contributed by atoms with van der Waals surface area (Å²) in [5, 5.41) is 29.5. The average Bonchev–Trinajstić information content (AvgIpc) is 3.04. The van der Waals surface area contributed by atoms with E-state index in [1.54, 1.807) is 0 Å². The van der Waals surface area contributed by atoms with Crippen LogP contribution in [-0.2, 0) is 14.3 Å². The van der Waals surface area contributed by atoms with Crippen LogP contribution in [0.1, 0.15) is 19.4 Å². The highest BCUT2D eigenvalue weighted by atomic mass is 127. The molecule has 0 saturated carbocycles. The molecule has 2 N–H and O–H groups in total. The van der Waals surface area contributed by atoms with Gasteiger partial charge in [0.25, 0.3) is 0 Å². The molecule has 1 aromatic rings. The van der Waals surface area contributed by atoms with Crippen LogP contribution in [-0.4, -0.2) is 45.2 Å². The molecule has 2 unspecified atom stereocenters. The van der Waals surface area contributed by atoms with Crippen LogP contribution >= 0.6 is 22.6 Å². The second-order valence-corrected chi connectivity index (χ2v) is 8.39. The number of imide groups is 1. The molecule has 26 heavy (non-hydrogen) atoms.